The number of hydrogen-bond acceptors (Lipinski definition) is 3. The van der Waals surface area contributed by atoms with Gasteiger partial charge in [-0.15, -0.1) is 0 Å². The largest absolute Gasteiger partial charge is 0.480 e. The third-order valence-electron chi connectivity index (χ3n) is 3.49. The first kappa shape index (κ1) is 12.6. The molecule has 6 nitrogen and oxygen atoms in total. The lowest BCUT2D eigenvalue weighted by Gasteiger charge is -2.37. The van der Waals surface area contributed by atoms with Gasteiger partial charge in [0.05, 0.1) is 0 Å². The van der Waals surface area contributed by atoms with E-state index in [0.717, 1.165) is 12.8 Å². The Morgan fingerprint density at radius 1 is 1.50 bits per heavy atom. The molecule has 2 rings (SSSR count). The Labute approximate surface area is 105 Å². The van der Waals surface area contributed by atoms with Crippen LogP contribution in [0, 0.1) is 5.92 Å². The van der Waals surface area contributed by atoms with Gasteiger partial charge in [0, 0.05) is 19.8 Å². The summed E-state index contributed by atoms with van der Waals surface area (Å²) in [7, 11) is 1.68. The van der Waals surface area contributed by atoms with Crippen LogP contribution in [-0.4, -0.2) is 44.3 Å². The lowest BCUT2D eigenvalue weighted by molar-refractivity contribution is -0.145. The molecule has 0 spiro atoms. The van der Waals surface area contributed by atoms with Crippen LogP contribution in [-0.2, 0) is 11.8 Å². The highest BCUT2D eigenvalue weighted by molar-refractivity contribution is 5.95. The Balaban J connectivity index is 2.28. The van der Waals surface area contributed by atoms with E-state index in [4.69, 9.17) is 0 Å². The second-order valence-corrected chi connectivity index (χ2v) is 4.74. The van der Waals surface area contributed by atoms with Crippen LogP contribution in [0.5, 0.6) is 0 Å². The van der Waals surface area contributed by atoms with Gasteiger partial charge < -0.3 is 10.0 Å². The molecule has 0 aliphatic carbocycles. The van der Waals surface area contributed by atoms with Crippen molar-refractivity contribution >= 4 is 11.9 Å². The van der Waals surface area contributed by atoms with Crippen molar-refractivity contribution in [3.8, 4) is 0 Å². The maximum Gasteiger partial charge on any atom is 0.326 e. The minimum atomic E-state index is -0.933. The molecule has 1 aromatic heterocycles. The van der Waals surface area contributed by atoms with E-state index in [0.29, 0.717) is 12.2 Å². The molecule has 2 heterocycles. The minimum absolute atomic E-state index is 0.0200. The Morgan fingerprint density at radius 2 is 2.22 bits per heavy atom. The lowest BCUT2D eigenvalue weighted by Crippen LogP contribution is -2.52. The molecule has 0 bridgehead atoms. The van der Waals surface area contributed by atoms with E-state index in [1.54, 1.807) is 13.1 Å². The van der Waals surface area contributed by atoms with E-state index in [9.17, 15) is 14.7 Å². The maximum atomic E-state index is 12.3. The van der Waals surface area contributed by atoms with Crippen LogP contribution in [0.4, 0.5) is 0 Å². The average molecular weight is 251 g/mol. The van der Waals surface area contributed by atoms with E-state index in [2.05, 4.69) is 5.10 Å². The van der Waals surface area contributed by atoms with Crippen molar-refractivity contribution in [2.75, 3.05) is 6.54 Å². The summed E-state index contributed by atoms with van der Waals surface area (Å²) in [5, 5.41) is 13.2. The number of carbonyl (C=O) groups excluding carboxylic acids is 1. The topological polar surface area (TPSA) is 75.4 Å². The van der Waals surface area contributed by atoms with Gasteiger partial charge >= 0.3 is 5.97 Å². The van der Waals surface area contributed by atoms with Crippen LogP contribution in [0.2, 0.25) is 0 Å². The maximum absolute atomic E-state index is 12.3. The quantitative estimate of drug-likeness (QED) is 0.841. The highest BCUT2D eigenvalue weighted by atomic mass is 16.4. The van der Waals surface area contributed by atoms with Crippen molar-refractivity contribution in [2.45, 2.75) is 25.8 Å². The number of aliphatic carboxylic acids is 1. The van der Waals surface area contributed by atoms with Gasteiger partial charge in [0.15, 0.2) is 0 Å². The first-order valence-corrected chi connectivity index (χ1v) is 6.04. The molecule has 2 atom stereocenters. The van der Waals surface area contributed by atoms with Gasteiger partial charge in [0.2, 0.25) is 0 Å². The van der Waals surface area contributed by atoms with Crippen molar-refractivity contribution in [2.24, 2.45) is 13.0 Å². The highest BCUT2D eigenvalue weighted by Crippen LogP contribution is 2.25. The Bertz CT molecular complexity index is 469. The number of piperidine rings is 1. The molecule has 1 aliphatic heterocycles. The summed E-state index contributed by atoms with van der Waals surface area (Å²) >= 11 is 0. The third kappa shape index (κ3) is 2.10. The molecule has 1 aromatic rings. The molecule has 1 aliphatic rings. The van der Waals surface area contributed by atoms with Crippen LogP contribution < -0.4 is 0 Å². The summed E-state index contributed by atoms with van der Waals surface area (Å²) in [6, 6.07) is 0.877. The summed E-state index contributed by atoms with van der Waals surface area (Å²) < 4.78 is 1.47. The summed E-state index contributed by atoms with van der Waals surface area (Å²) in [4.78, 5) is 25.1. The number of aryl methyl sites for hydroxylation is 1. The fraction of sp³-hybridized carbons (Fsp3) is 0.583. The minimum Gasteiger partial charge on any atom is -0.480 e. The van der Waals surface area contributed by atoms with Gasteiger partial charge in [-0.1, -0.05) is 6.92 Å². The molecule has 0 saturated carbocycles. The van der Waals surface area contributed by atoms with Crippen molar-refractivity contribution in [1.29, 1.82) is 0 Å². The molecule has 1 N–H and O–H groups in total. The average Bonchev–Trinajstić information content (AvgIpc) is 2.73. The standard InChI is InChI=1S/C12H17N3O3/c1-8-4-3-7-15(10(8)12(17)18)11(16)9-5-6-13-14(9)2/h5-6,8,10H,3-4,7H2,1-2H3,(H,17,18). The van der Waals surface area contributed by atoms with E-state index >= 15 is 0 Å². The number of nitrogens with zero attached hydrogens (tertiary/aromatic N) is 3. The smallest absolute Gasteiger partial charge is 0.326 e. The zero-order chi connectivity index (χ0) is 13.3. The second kappa shape index (κ2) is 4.80. The first-order chi connectivity index (χ1) is 8.52. The monoisotopic (exact) mass is 251 g/mol. The number of carboxylic acids is 1. The molecule has 0 radical (unpaired) electrons. The zero-order valence-corrected chi connectivity index (χ0v) is 10.5. The molecule has 98 valence electrons. The number of hydrogen-bond donors (Lipinski definition) is 1. The van der Waals surface area contributed by atoms with E-state index in [-0.39, 0.29) is 11.8 Å². The first-order valence-electron chi connectivity index (χ1n) is 6.04. The molecule has 1 amide bonds. The van der Waals surface area contributed by atoms with Gasteiger partial charge in [0.1, 0.15) is 11.7 Å². The third-order valence-corrected chi connectivity index (χ3v) is 3.49. The predicted octanol–water partition coefficient (Wildman–Crippen LogP) is 0.745. The van der Waals surface area contributed by atoms with Crippen molar-refractivity contribution < 1.29 is 14.7 Å². The summed E-state index contributed by atoms with van der Waals surface area (Å²) in [5.74, 6) is -1.21. The van der Waals surface area contributed by atoms with Crippen molar-refractivity contribution in [3.05, 3.63) is 18.0 Å². The molecule has 0 aromatic carbocycles. The molecule has 2 unspecified atom stereocenters. The van der Waals surface area contributed by atoms with Crippen LogP contribution in [0.25, 0.3) is 0 Å². The van der Waals surface area contributed by atoms with Gasteiger partial charge in [-0.3, -0.25) is 9.48 Å². The number of likely N-dealkylation sites (tertiary alicyclic amines) is 1. The summed E-state index contributed by atoms with van der Waals surface area (Å²) in [5.41, 5.74) is 0.426. The number of carboxylic acid groups (broad SMARTS) is 1. The molecular formula is C12H17N3O3. The zero-order valence-electron chi connectivity index (χ0n) is 10.5. The van der Waals surface area contributed by atoms with Crippen molar-refractivity contribution in [3.63, 3.8) is 0 Å². The van der Waals surface area contributed by atoms with E-state index in [1.807, 2.05) is 6.92 Å². The van der Waals surface area contributed by atoms with Crippen LogP contribution in [0.3, 0.4) is 0 Å². The van der Waals surface area contributed by atoms with Crippen LogP contribution >= 0.6 is 0 Å². The van der Waals surface area contributed by atoms with E-state index in [1.165, 1.54) is 15.8 Å². The number of aromatic nitrogens is 2. The van der Waals surface area contributed by atoms with Crippen LogP contribution in [0.1, 0.15) is 30.3 Å². The molecule has 1 fully saturated rings. The number of carbonyl (C=O) groups is 2. The van der Waals surface area contributed by atoms with Gasteiger partial charge in [-0.05, 0) is 24.8 Å². The molecule has 18 heavy (non-hydrogen) atoms. The lowest BCUT2D eigenvalue weighted by atomic mass is 9.90. The molecular weight excluding hydrogens is 234 g/mol. The molecule has 6 heteroatoms. The van der Waals surface area contributed by atoms with Gasteiger partial charge in [-0.25, -0.2) is 4.79 Å². The van der Waals surface area contributed by atoms with Crippen LogP contribution in [0.15, 0.2) is 12.3 Å². The SMILES string of the molecule is CC1CCCN(C(=O)c2ccnn2C)C1C(=O)O. The Kier molecular flexibility index (Phi) is 3.36. The second-order valence-electron chi connectivity index (χ2n) is 4.74. The Hall–Kier alpha value is -1.85. The van der Waals surface area contributed by atoms with Gasteiger partial charge in [-0.2, -0.15) is 5.10 Å². The summed E-state index contributed by atoms with van der Waals surface area (Å²) in [6.07, 6.45) is 3.22. The normalized spacial score (nSPS) is 24.0. The predicted molar refractivity (Wildman–Crippen MR) is 64.1 cm³/mol. The number of amides is 1. The van der Waals surface area contributed by atoms with E-state index < -0.39 is 12.0 Å². The molecule has 1 saturated heterocycles. The fourth-order valence-electron chi connectivity index (χ4n) is 2.52. The Morgan fingerprint density at radius 3 is 2.78 bits per heavy atom. The fourth-order valence-corrected chi connectivity index (χ4v) is 2.52. The number of rotatable bonds is 2. The van der Waals surface area contributed by atoms with Crippen molar-refractivity contribution in [1.82, 2.24) is 14.7 Å². The summed E-state index contributed by atoms with van der Waals surface area (Å²) in [6.45, 7) is 2.37. The van der Waals surface area contributed by atoms with Gasteiger partial charge in [0.25, 0.3) is 5.91 Å². The highest BCUT2D eigenvalue weighted by Gasteiger charge is 2.37.